The number of carbonyl (C=O) groups is 3. The van der Waals surface area contributed by atoms with Gasteiger partial charge in [0.05, 0.1) is 6.54 Å². The van der Waals surface area contributed by atoms with E-state index < -0.39 is 0 Å². The van der Waals surface area contributed by atoms with Gasteiger partial charge in [0, 0.05) is 24.0 Å². The van der Waals surface area contributed by atoms with E-state index in [-0.39, 0.29) is 30.3 Å². The third kappa shape index (κ3) is 7.53. The van der Waals surface area contributed by atoms with Crippen LogP contribution in [-0.2, 0) is 14.4 Å². The quantitative estimate of drug-likeness (QED) is 0.498. The van der Waals surface area contributed by atoms with Gasteiger partial charge in [0.25, 0.3) is 11.8 Å². The highest BCUT2D eigenvalue weighted by molar-refractivity contribution is 5.95. The number of benzene rings is 2. The number of likely N-dealkylation sites (N-methyl/N-ethyl adjacent to an activating group) is 1. The lowest BCUT2D eigenvalue weighted by atomic mass is 10.0. The Morgan fingerprint density at radius 3 is 1.77 bits per heavy atom. The van der Waals surface area contributed by atoms with E-state index in [0.29, 0.717) is 23.8 Å². The van der Waals surface area contributed by atoms with Gasteiger partial charge < -0.3 is 20.9 Å². The van der Waals surface area contributed by atoms with Crippen molar-refractivity contribution in [1.82, 2.24) is 0 Å². The molecule has 0 radical (unpaired) electrons. The number of rotatable bonds is 9. The van der Waals surface area contributed by atoms with E-state index in [1.807, 2.05) is 38.1 Å². The first-order valence-electron chi connectivity index (χ1n) is 10.6. The summed E-state index contributed by atoms with van der Waals surface area (Å²) in [7, 11) is 0. The normalized spacial score (nSPS) is 12.7. The molecule has 0 saturated carbocycles. The molecule has 1 unspecified atom stereocenters. The van der Waals surface area contributed by atoms with Gasteiger partial charge in [-0.2, -0.15) is 0 Å². The Balaban J connectivity index is 1.91. The maximum atomic E-state index is 12.7. The summed E-state index contributed by atoms with van der Waals surface area (Å²) in [6.07, 6.45) is 0. The van der Waals surface area contributed by atoms with E-state index in [9.17, 15) is 14.4 Å². The third-order valence-electron chi connectivity index (χ3n) is 5.18. The molecule has 0 fully saturated rings. The van der Waals surface area contributed by atoms with E-state index in [1.165, 1.54) is 12.5 Å². The van der Waals surface area contributed by atoms with E-state index in [1.54, 1.807) is 24.3 Å². The summed E-state index contributed by atoms with van der Waals surface area (Å²) in [5.41, 5.74) is 3.27. The highest BCUT2D eigenvalue weighted by Gasteiger charge is 2.26. The number of carbonyl (C=O) groups excluding carboxylic acids is 3. The zero-order valence-corrected chi connectivity index (χ0v) is 18.9. The first kappa shape index (κ1) is 24.1. The maximum Gasteiger partial charge on any atom is 0.282 e. The van der Waals surface area contributed by atoms with Crippen molar-refractivity contribution in [2.24, 2.45) is 0 Å². The summed E-state index contributed by atoms with van der Waals surface area (Å²) in [6, 6.07) is 14.4. The molecule has 166 valence electrons. The summed E-state index contributed by atoms with van der Waals surface area (Å²) >= 11 is 0. The molecule has 7 nitrogen and oxygen atoms in total. The Kier molecular flexibility index (Phi) is 8.75. The molecule has 0 aliphatic rings. The minimum Gasteiger partial charge on any atom is -0.326 e. The second-order valence-electron chi connectivity index (χ2n) is 7.98. The molecular weight excluding hydrogens is 392 g/mol. The van der Waals surface area contributed by atoms with Gasteiger partial charge in [0.1, 0.15) is 0 Å². The fourth-order valence-corrected chi connectivity index (χ4v) is 3.22. The van der Waals surface area contributed by atoms with Crippen LogP contribution in [0.5, 0.6) is 0 Å². The first-order chi connectivity index (χ1) is 14.7. The molecule has 2 rings (SSSR count). The first-order valence-corrected chi connectivity index (χ1v) is 10.6. The zero-order chi connectivity index (χ0) is 23.0. The molecule has 0 bridgehead atoms. The molecule has 0 aliphatic heterocycles. The van der Waals surface area contributed by atoms with Crippen molar-refractivity contribution in [3.05, 3.63) is 54.1 Å². The van der Waals surface area contributed by atoms with Crippen LogP contribution in [-0.4, -0.2) is 36.9 Å². The van der Waals surface area contributed by atoms with Crippen LogP contribution >= 0.6 is 0 Å². The van der Waals surface area contributed by atoms with Crippen LogP contribution in [0.15, 0.2) is 48.5 Å². The fourth-order valence-electron chi connectivity index (χ4n) is 3.22. The lowest BCUT2D eigenvalue weighted by Gasteiger charge is -2.23. The topological polar surface area (TPSA) is 91.7 Å². The Bertz CT molecular complexity index is 892. The van der Waals surface area contributed by atoms with Crippen LogP contribution in [0.1, 0.15) is 46.1 Å². The predicted octanol–water partition coefficient (Wildman–Crippen LogP) is 2.64. The summed E-state index contributed by atoms with van der Waals surface area (Å²) in [6.45, 7) is 10.3. The Hall–Kier alpha value is -3.19. The summed E-state index contributed by atoms with van der Waals surface area (Å²) in [5, 5.41) is 8.47. The number of quaternary nitrogens is 1. The van der Waals surface area contributed by atoms with Crippen LogP contribution in [0.4, 0.5) is 17.1 Å². The monoisotopic (exact) mass is 425 g/mol. The van der Waals surface area contributed by atoms with Crippen molar-refractivity contribution in [3.8, 4) is 0 Å². The van der Waals surface area contributed by atoms with Gasteiger partial charge in [-0.1, -0.05) is 26.0 Å². The summed E-state index contributed by atoms with van der Waals surface area (Å²) < 4.78 is 0. The molecule has 4 N–H and O–H groups in total. The van der Waals surface area contributed by atoms with Gasteiger partial charge in [-0.15, -0.1) is 0 Å². The minimum absolute atomic E-state index is 0.124. The van der Waals surface area contributed by atoms with Crippen LogP contribution in [0.2, 0.25) is 0 Å². The van der Waals surface area contributed by atoms with Crippen molar-refractivity contribution in [2.45, 2.75) is 46.6 Å². The number of hydrogen-bond donors (Lipinski definition) is 4. The largest absolute Gasteiger partial charge is 0.326 e. The molecule has 0 saturated heterocycles. The Morgan fingerprint density at radius 1 is 0.806 bits per heavy atom. The molecule has 3 amide bonds. The lowest BCUT2D eigenvalue weighted by molar-refractivity contribution is -0.904. The van der Waals surface area contributed by atoms with Gasteiger partial charge in [-0.05, 0) is 61.7 Å². The molecule has 0 heterocycles. The minimum atomic E-state index is -0.386. The fraction of sp³-hybridized carbons (Fsp3) is 0.375. The van der Waals surface area contributed by atoms with Crippen LogP contribution in [0.3, 0.4) is 0 Å². The number of anilines is 3. The van der Waals surface area contributed by atoms with Gasteiger partial charge >= 0.3 is 0 Å². The van der Waals surface area contributed by atoms with Crippen molar-refractivity contribution in [1.29, 1.82) is 0 Å². The molecular formula is C24H33N4O3+. The van der Waals surface area contributed by atoms with Crippen molar-refractivity contribution in [3.63, 3.8) is 0 Å². The number of nitrogens with one attached hydrogen (secondary N) is 4. The third-order valence-corrected chi connectivity index (χ3v) is 5.18. The summed E-state index contributed by atoms with van der Waals surface area (Å²) in [4.78, 5) is 37.2. The average molecular weight is 426 g/mol. The zero-order valence-electron chi connectivity index (χ0n) is 18.9. The predicted molar refractivity (Wildman–Crippen MR) is 124 cm³/mol. The number of amides is 3. The van der Waals surface area contributed by atoms with Crippen LogP contribution in [0, 0.1) is 0 Å². The van der Waals surface area contributed by atoms with E-state index in [2.05, 4.69) is 29.8 Å². The van der Waals surface area contributed by atoms with Crippen molar-refractivity contribution < 1.29 is 19.3 Å². The van der Waals surface area contributed by atoms with Crippen LogP contribution < -0.4 is 20.9 Å². The number of hydrogen-bond acceptors (Lipinski definition) is 3. The van der Waals surface area contributed by atoms with E-state index in [0.717, 1.165) is 10.6 Å². The van der Waals surface area contributed by atoms with Gasteiger partial charge in [-0.25, -0.2) is 0 Å². The molecule has 7 heteroatoms. The molecule has 0 spiro atoms. The summed E-state index contributed by atoms with van der Waals surface area (Å²) in [5.74, 6) is -0.0161. The van der Waals surface area contributed by atoms with Crippen LogP contribution in [0.25, 0.3) is 0 Å². The molecule has 2 atom stereocenters. The molecule has 2 aromatic carbocycles. The molecule has 0 aliphatic carbocycles. The Morgan fingerprint density at radius 2 is 1.29 bits per heavy atom. The van der Waals surface area contributed by atoms with Gasteiger partial charge in [0.2, 0.25) is 5.91 Å². The standard InChI is InChI=1S/C24H32N4O3/c1-6-28(15-23(30)26-21-13-11-20(12-14-21)25-18(5)29)17(4)24(31)27-22-9-7-19(8-10-22)16(2)3/h7-14,16-17H,6,15H2,1-5H3,(H,25,29)(H,26,30)(H,27,31)/p+1/t17-/m1/s1. The lowest BCUT2D eigenvalue weighted by Crippen LogP contribution is -3.17. The van der Waals surface area contributed by atoms with Crippen molar-refractivity contribution in [2.75, 3.05) is 29.0 Å². The SMILES string of the molecule is CC[NH+](CC(=O)Nc1ccc(NC(C)=O)cc1)[C@H](C)C(=O)Nc1ccc(C(C)C)cc1. The van der Waals surface area contributed by atoms with E-state index in [4.69, 9.17) is 0 Å². The maximum absolute atomic E-state index is 12.7. The second-order valence-corrected chi connectivity index (χ2v) is 7.98. The van der Waals surface area contributed by atoms with Crippen molar-refractivity contribution >= 4 is 34.8 Å². The van der Waals surface area contributed by atoms with Gasteiger partial charge in [-0.3, -0.25) is 14.4 Å². The van der Waals surface area contributed by atoms with E-state index >= 15 is 0 Å². The second kappa shape index (κ2) is 11.3. The smallest absolute Gasteiger partial charge is 0.282 e. The highest BCUT2D eigenvalue weighted by atomic mass is 16.2. The Labute approximate surface area is 184 Å². The molecule has 2 aromatic rings. The average Bonchev–Trinajstić information content (AvgIpc) is 2.73. The highest BCUT2D eigenvalue weighted by Crippen LogP contribution is 2.17. The molecule has 31 heavy (non-hydrogen) atoms. The molecule has 0 aromatic heterocycles. The van der Waals surface area contributed by atoms with Gasteiger partial charge in [0.15, 0.2) is 12.6 Å².